The van der Waals surface area contributed by atoms with Crippen molar-refractivity contribution < 1.29 is 28.5 Å². The normalized spacial score (nSPS) is 15.5. The van der Waals surface area contributed by atoms with Gasteiger partial charge in [-0.15, -0.1) is 6.42 Å². The molecule has 0 aliphatic carbocycles. The summed E-state index contributed by atoms with van der Waals surface area (Å²) in [7, 11) is -2.44. The predicted molar refractivity (Wildman–Crippen MR) is 139 cm³/mol. The van der Waals surface area contributed by atoms with Gasteiger partial charge in [0, 0.05) is 18.2 Å². The second-order valence-corrected chi connectivity index (χ2v) is 10.8. The van der Waals surface area contributed by atoms with E-state index in [0.29, 0.717) is 28.1 Å². The van der Waals surface area contributed by atoms with Crippen LogP contribution in [0, 0.1) is 25.1 Å². The van der Waals surface area contributed by atoms with E-state index in [1.54, 1.807) is 19.1 Å². The van der Waals surface area contributed by atoms with Gasteiger partial charge >= 0.3 is 5.97 Å². The molecule has 0 amide bonds. The Morgan fingerprint density at radius 1 is 1.17 bits per heavy atom. The summed E-state index contributed by atoms with van der Waals surface area (Å²) in [4.78, 5) is 17.4. The second kappa shape index (κ2) is 10.4. The number of carbonyl (C=O) groups is 1. The summed E-state index contributed by atoms with van der Waals surface area (Å²) in [6.45, 7) is 6.50. The van der Waals surface area contributed by atoms with Crippen LogP contribution in [0.1, 0.15) is 43.5 Å². The number of aryl methyl sites for hydroxylation is 1. The Balaban J connectivity index is 2.54. The minimum atomic E-state index is -3.52. The molecule has 0 aliphatic heterocycles. The molecule has 0 fully saturated rings. The first-order valence-electron chi connectivity index (χ1n) is 11.3. The number of rotatable bonds is 8. The van der Waals surface area contributed by atoms with E-state index >= 15 is 0 Å². The van der Waals surface area contributed by atoms with Gasteiger partial charge in [0.05, 0.1) is 11.4 Å². The third kappa shape index (κ3) is 4.49. The monoisotopic (exact) mass is 509 g/mol. The zero-order valence-corrected chi connectivity index (χ0v) is 21.8. The number of carboxylic acids is 1. The fourth-order valence-electron chi connectivity index (χ4n) is 4.39. The first kappa shape index (κ1) is 27.3. The van der Waals surface area contributed by atoms with Gasteiger partial charge in [-0.05, 0) is 54.7 Å². The molecular formula is C28H29FNO5P. The average molecular weight is 510 g/mol. The highest BCUT2D eigenvalue weighted by atomic mass is 31.1. The standard InChI is InChI=1S/C28H29FNO5P/c1-7-28(26(31)32,36(34)35-6)27(5,33)24-21(20-13-14-22(29)18(4)15-20)16-23(30-25(24)17(2)3)19-11-9-8-10-12-19/h1,8-17,33,36H,2-6H3,(H,31,32). The van der Waals surface area contributed by atoms with Crippen molar-refractivity contribution in [3.8, 4) is 34.7 Å². The van der Waals surface area contributed by atoms with Crippen molar-refractivity contribution in [3.05, 3.63) is 77.2 Å². The molecule has 1 heterocycles. The van der Waals surface area contributed by atoms with Crippen molar-refractivity contribution >= 4 is 14.0 Å². The van der Waals surface area contributed by atoms with Crippen LogP contribution in [0.25, 0.3) is 22.4 Å². The lowest BCUT2D eigenvalue weighted by Gasteiger charge is -2.40. The number of carboxylic acid groups (broad SMARTS) is 1. The Bertz CT molecular complexity index is 1360. The molecule has 0 radical (unpaired) electrons. The fourth-order valence-corrected chi connectivity index (χ4v) is 5.51. The van der Waals surface area contributed by atoms with Gasteiger partial charge in [-0.2, -0.15) is 0 Å². The van der Waals surface area contributed by atoms with E-state index < -0.39 is 30.6 Å². The number of halogens is 1. The lowest BCUT2D eigenvalue weighted by Crippen LogP contribution is -2.53. The second-order valence-electron chi connectivity index (χ2n) is 9.06. The van der Waals surface area contributed by atoms with Crippen molar-refractivity contribution in [1.82, 2.24) is 4.98 Å². The summed E-state index contributed by atoms with van der Waals surface area (Å²) >= 11 is 0. The predicted octanol–water partition coefficient (Wildman–Crippen LogP) is 5.77. The summed E-state index contributed by atoms with van der Waals surface area (Å²) < 4.78 is 32.2. The van der Waals surface area contributed by atoms with Gasteiger partial charge < -0.3 is 14.7 Å². The zero-order chi connectivity index (χ0) is 26.8. The van der Waals surface area contributed by atoms with E-state index in [9.17, 15) is 24.0 Å². The van der Waals surface area contributed by atoms with Crippen molar-refractivity contribution in [1.29, 1.82) is 0 Å². The van der Waals surface area contributed by atoms with Crippen molar-refractivity contribution in [2.24, 2.45) is 0 Å². The molecule has 0 spiro atoms. The Hall–Kier alpha value is -3.30. The van der Waals surface area contributed by atoms with Gasteiger partial charge in [0.1, 0.15) is 11.4 Å². The number of hydrogen-bond acceptors (Lipinski definition) is 5. The van der Waals surface area contributed by atoms with Gasteiger partial charge in [0.2, 0.25) is 13.2 Å². The van der Waals surface area contributed by atoms with Crippen LogP contribution in [-0.2, 0) is 19.5 Å². The van der Waals surface area contributed by atoms with Gasteiger partial charge in [0.25, 0.3) is 0 Å². The SMILES string of the molecule is C#CC(C(=O)O)([PH](=O)OC)C(C)(O)c1c(-c2ccc(F)c(C)c2)cc(-c2ccccc2)nc1C(C)C. The first-order chi connectivity index (χ1) is 16.9. The molecule has 0 saturated carbocycles. The van der Waals surface area contributed by atoms with Crippen LogP contribution in [0.5, 0.6) is 0 Å². The van der Waals surface area contributed by atoms with E-state index in [2.05, 4.69) is 5.92 Å². The molecule has 3 atom stereocenters. The molecule has 36 heavy (non-hydrogen) atoms. The van der Waals surface area contributed by atoms with Gasteiger partial charge in [-0.3, -0.25) is 9.55 Å². The summed E-state index contributed by atoms with van der Waals surface area (Å²) in [6, 6.07) is 15.5. The average Bonchev–Trinajstić information content (AvgIpc) is 2.85. The molecule has 0 bridgehead atoms. The third-order valence-corrected chi connectivity index (χ3v) is 8.21. The first-order valence-corrected chi connectivity index (χ1v) is 12.6. The molecule has 8 heteroatoms. The number of terminal acetylenes is 1. The van der Waals surface area contributed by atoms with E-state index in [0.717, 1.165) is 12.7 Å². The third-order valence-electron chi connectivity index (χ3n) is 6.38. The lowest BCUT2D eigenvalue weighted by molar-refractivity contribution is -0.145. The van der Waals surface area contributed by atoms with Crippen LogP contribution in [0.4, 0.5) is 4.39 Å². The Labute approximate surface area is 211 Å². The Kier molecular flexibility index (Phi) is 7.85. The molecule has 0 aliphatic rings. The fraction of sp³-hybridized carbons (Fsp3) is 0.286. The van der Waals surface area contributed by atoms with E-state index in [1.807, 2.05) is 44.2 Å². The molecular weight excluding hydrogens is 480 g/mol. The number of aromatic nitrogens is 1. The van der Waals surface area contributed by atoms with Gasteiger partial charge in [0.15, 0.2) is 0 Å². The summed E-state index contributed by atoms with van der Waals surface area (Å²) in [5.41, 5.74) is 0.693. The molecule has 2 aromatic carbocycles. The van der Waals surface area contributed by atoms with Crippen molar-refractivity contribution in [2.75, 3.05) is 7.11 Å². The van der Waals surface area contributed by atoms with E-state index in [4.69, 9.17) is 15.9 Å². The highest BCUT2D eigenvalue weighted by molar-refractivity contribution is 7.43. The maximum atomic E-state index is 14.2. The number of pyridine rings is 1. The molecule has 188 valence electrons. The molecule has 6 nitrogen and oxygen atoms in total. The molecule has 0 saturated heterocycles. The lowest BCUT2D eigenvalue weighted by atomic mass is 9.76. The van der Waals surface area contributed by atoms with Crippen molar-refractivity contribution in [3.63, 3.8) is 0 Å². The Morgan fingerprint density at radius 2 is 1.81 bits per heavy atom. The van der Waals surface area contributed by atoms with Crippen LogP contribution < -0.4 is 0 Å². The minimum absolute atomic E-state index is 0.0962. The molecule has 3 rings (SSSR count). The van der Waals surface area contributed by atoms with Crippen LogP contribution in [0.2, 0.25) is 0 Å². The van der Waals surface area contributed by atoms with Crippen LogP contribution in [-0.4, -0.2) is 33.4 Å². The largest absolute Gasteiger partial charge is 0.480 e. The maximum Gasteiger partial charge on any atom is 0.335 e. The number of aliphatic hydroxyl groups is 1. The number of aliphatic carboxylic acids is 1. The van der Waals surface area contributed by atoms with E-state index in [1.165, 1.54) is 19.1 Å². The quantitative estimate of drug-likeness (QED) is 0.296. The topological polar surface area (TPSA) is 96.7 Å². The van der Waals surface area contributed by atoms with Crippen LogP contribution in [0.3, 0.4) is 0 Å². The minimum Gasteiger partial charge on any atom is -0.480 e. The van der Waals surface area contributed by atoms with E-state index in [-0.39, 0.29) is 11.5 Å². The molecule has 3 aromatic rings. The van der Waals surface area contributed by atoms with Gasteiger partial charge in [-0.25, -0.2) is 9.18 Å². The van der Waals surface area contributed by atoms with Crippen LogP contribution >= 0.6 is 8.03 Å². The Morgan fingerprint density at radius 3 is 2.31 bits per heavy atom. The molecule has 2 N–H and O–H groups in total. The number of benzene rings is 2. The molecule has 1 aromatic heterocycles. The summed E-state index contributed by atoms with van der Waals surface area (Å²) in [5, 5.41) is 19.6. The number of hydrogen-bond donors (Lipinski definition) is 2. The highest BCUT2D eigenvalue weighted by Crippen LogP contribution is 2.54. The van der Waals surface area contributed by atoms with Gasteiger partial charge in [-0.1, -0.05) is 56.2 Å². The summed E-state index contributed by atoms with van der Waals surface area (Å²) in [5.74, 6) is -0.293. The zero-order valence-electron chi connectivity index (χ0n) is 20.8. The maximum absolute atomic E-state index is 14.2. The summed E-state index contributed by atoms with van der Waals surface area (Å²) in [6.07, 6.45) is 5.67. The van der Waals surface area contributed by atoms with Crippen LogP contribution in [0.15, 0.2) is 54.6 Å². The molecule has 3 unspecified atom stereocenters. The number of nitrogens with zero attached hydrogens (tertiary/aromatic N) is 1. The van der Waals surface area contributed by atoms with Crippen molar-refractivity contribution in [2.45, 2.75) is 44.4 Å². The smallest absolute Gasteiger partial charge is 0.335 e. The highest BCUT2D eigenvalue weighted by Gasteiger charge is 2.60.